The minimum Gasteiger partial charge on any atom is -0.481 e. The number of carbonyl (C=O) groups is 3. The molecule has 2 aromatic heterocycles. The molecule has 0 unspecified atom stereocenters. The standard InChI is InChI=1S/C43H60FN5O6/c1-23(2)31-26(50)19-43(33(52)35-47-48-36(49(35)10)34-45-21-24(44)22-46-34)18-17-41(8)25(32(31)43)11-12-28-40(7)15-14-29(55-30(51)20-38(3,4)37(53)54)39(5,6)27(40)13-16-42(28,41)9/h21-23,25,27-29,33,52H,11-20H2,1-10H3,(H,53,54)/t25-,27+,28-,29+,33+,40+,41-,42-,43-/m1/s1. The summed E-state index contributed by atoms with van der Waals surface area (Å²) in [6, 6.07) is 0. The van der Waals surface area contributed by atoms with Gasteiger partial charge in [0.05, 0.1) is 24.2 Å². The number of hydrogen-bond acceptors (Lipinski definition) is 9. The Balaban J connectivity index is 1.21. The monoisotopic (exact) mass is 761 g/mol. The zero-order valence-corrected chi connectivity index (χ0v) is 34.3. The van der Waals surface area contributed by atoms with E-state index in [0.717, 1.165) is 68.5 Å². The molecule has 5 aliphatic rings. The molecule has 2 N–H and O–H groups in total. The summed E-state index contributed by atoms with van der Waals surface area (Å²) in [5.74, 6) is -0.192. The Labute approximate surface area is 324 Å². The van der Waals surface area contributed by atoms with Crippen molar-refractivity contribution in [3.05, 3.63) is 35.2 Å². The van der Waals surface area contributed by atoms with Crippen LogP contribution in [0, 0.1) is 62.0 Å². The maximum absolute atomic E-state index is 14.2. The highest BCUT2D eigenvalue weighted by Crippen LogP contribution is 2.77. The van der Waals surface area contributed by atoms with Crippen molar-refractivity contribution in [2.75, 3.05) is 0 Å². The lowest BCUT2D eigenvalue weighted by Gasteiger charge is -2.72. The van der Waals surface area contributed by atoms with Crippen LogP contribution in [0.3, 0.4) is 0 Å². The second-order valence-corrected chi connectivity index (χ2v) is 20.1. The molecule has 12 heteroatoms. The maximum atomic E-state index is 14.2. The van der Waals surface area contributed by atoms with Crippen molar-refractivity contribution in [3.63, 3.8) is 0 Å². The number of allylic oxidation sites excluding steroid dienone is 1. The first-order valence-corrected chi connectivity index (χ1v) is 20.3. The molecule has 0 spiro atoms. The van der Waals surface area contributed by atoms with Crippen molar-refractivity contribution in [1.29, 1.82) is 0 Å². The number of Topliss-reactive ketones (excluding diaryl/α,β-unsaturated/α-hetero) is 1. The number of carboxylic acid groups (broad SMARTS) is 1. The largest absolute Gasteiger partial charge is 0.481 e. The highest BCUT2D eigenvalue weighted by atomic mass is 19.1. The van der Waals surface area contributed by atoms with Crippen LogP contribution in [0.4, 0.5) is 4.39 Å². The molecule has 55 heavy (non-hydrogen) atoms. The van der Waals surface area contributed by atoms with Crippen molar-refractivity contribution >= 4 is 17.7 Å². The van der Waals surface area contributed by atoms with Gasteiger partial charge in [0.25, 0.3) is 0 Å². The topological polar surface area (TPSA) is 157 Å². The molecule has 5 aliphatic carbocycles. The first-order valence-electron chi connectivity index (χ1n) is 20.3. The SMILES string of the molecule is CC(C)C1=C2[C@H]3CC[C@@H]4[C@@]5(C)CC[C@H](OC(=O)CC(C)(C)C(=O)O)C(C)(C)[C@@H]5CC[C@@]4(C)[C@]3(C)CC[C@@]2([C@@H](O)c2nnc(-c3ncc(F)cn3)n2C)CC1=O. The van der Waals surface area contributed by atoms with Crippen molar-refractivity contribution in [2.24, 2.45) is 63.2 Å². The van der Waals surface area contributed by atoms with Crippen molar-refractivity contribution in [2.45, 2.75) is 139 Å². The number of esters is 1. The van der Waals surface area contributed by atoms with E-state index in [1.807, 2.05) is 0 Å². The Hall–Kier alpha value is -3.54. The van der Waals surface area contributed by atoms with Gasteiger partial charge in [-0.1, -0.05) is 48.5 Å². The van der Waals surface area contributed by atoms with E-state index in [0.29, 0.717) is 29.9 Å². The van der Waals surface area contributed by atoms with E-state index in [4.69, 9.17) is 4.74 Å². The number of carboxylic acids is 1. The van der Waals surface area contributed by atoms with Gasteiger partial charge in [0, 0.05) is 24.3 Å². The normalized spacial score (nSPS) is 36.1. The summed E-state index contributed by atoms with van der Waals surface area (Å²) in [4.78, 5) is 47.3. The Morgan fingerprint density at radius 2 is 1.64 bits per heavy atom. The Kier molecular flexibility index (Phi) is 9.38. The van der Waals surface area contributed by atoms with Crippen LogP contribution in [0.5, 0.6) is 0 Å². The number of nitrogens with zero attached hydrogens (tertiary/aromatic N) is 5. The van der Waals surface area contributed by atoms with Crippen molar-refractivity contribution in [3.8, 4) is 11.6 Å². The average Bonchev–Trinajstić information content (AvgIpc) is 3.63. The molecule has 300 valence electrons. The van der Waals surface area contributed by atoms with E-state index < -0.39 is 34.7 Å². The number of rotatable bonds is 8. The highest BCUT2D eigenvalue weighted by molar-refractivity contribution is 6.00. The smallest absolute Gasteiger partial charge is 0.309 e. The van der Waals surface area contributed by atoms with E-state index in [9.17, 15) is 29.0 Å². The van der Waals surface area contributed by atoms with Gasteiger partial charge in [0.15, 0.2) is 23.2 Å². The average molecular weight is 762 g/mol. The fourth-order valence-electron chi connectivity index (χ4n) is 13.3. The van der Waals surface area contributed by atoms with Crippen LogP contribution in [-0.4, -0.2) is 58.8 Å². The summed E-state index contributed by atoms with van der Waals surface area (Å²) in [5, 5.41) is 30.9. The number of aliphatic carboxylic acids is 1. The molecular weight excluding hydrogens is 702 g/mol. The van der Waals surface area contributed by atoms with Gasteiger partial charge in [-0.3, -0.25) is 14.4 Å². The number of aliphatic hydroxyl groups is 1. The third kappa shape index (κ3) is 5.68. The molecule has 4 saturated carbocycles. The maximum Gasteiger partial charge on any atom is 0.309 e. The number of aliphatic hydroxyl groups excluding tert-OH is 1. The Bertz CT molecular complexity index is 1940. The van der Waals surface area contributed by atoms with Crippen LogP contribution < -0.4 is 0 Å². The number of ether oxygens (including phenoxy) is 1. The molecule has 0 amide bonds. The van der Waals surface area contributed by atoms with Crippen molar-refractivity contribution < 1.29 is 33.7 Å². The first-order chi connectivity index (χ1) is 25.5. The number of halogens is 1. The molecule has 0 radical (unpaired) electrons. The molecule has 11 nitrogen and oxygen atoms in total. The quantitative estimate of drug-likeness (QED) is 0.254. The summed E-state index contributed by atoms with van der Waals surface area (Å²) in [7, 11) is 1.76. The van der Waals surface area contributed by atoms with Gasteiger partial charge in [-0.05, 0) is 116 Å². The van der Waals surface area contributed by atoms with E-state index in [1.165, 1.54) is 0 Å². The Morgan fingerprint density at radius 1 is 0.964 bits per heavy atom. The predicted molar refractivity (Wildman–Crippen MR) is 202 cm³/mol. The zero-order chi connectivity index (χ0) is 40.3. The van der Waals surface area contributed by atoms with E-state index in [-0.39, 0.29) is 64.0 Å². The van der Waals surface area contributed by atoms with Crippen molar-refractivity contribution in [1.82, 2.24) is 24.7 Å². The fraction of sp³-hybridized carbons (Fsp3) is 0.744. The zero-order valence-electron chi connectivity index (χ0n) is 34.3. The second kappa shape index (κ2) is 13.0. The predicted octanol–water partition coefficient (Wildman–Crippen LogP) is 7.84. The van der Waals surface area contributed by atoms with Gasteiger partial charge >= 0.3 is 11.9 Å². The van der Waals surface area contributed by atoms with Crippen LogP contribution in [0.15, 0.2) is 23.5 Å². The molecule has 2 heterocycles. The molecule has 4 fully saturated rings. The summed E-state index contributed by atoms with van der Waals surface area (Å²) in [5.41, 5.74) is -0.465. The van der Waals surface area contributed by atoms with Crippen LogP contribution in [0.25, 0.3) is 11.6 Å². The summed E-state index contributed by atoms with van der Waals surface area (Å²) in [6.45, 7) is 19.2. The first kappa shape index (κ1) is 39.7. The molecule has 2 aromatic rings. The Morgan fingerprint density at radius 3 is 2.27 bits per heavy atom. The lowest BCUT2D eigenvalue weighted by Crippen LogP contribution is -2.66. The van der Waals surface area contributed by atoms with E-state index in [2.05, 4.69) is 68.6 Å². The number of hydrogen-bond donors (Lipinski definition) is 2. The molecule has 0 aliphatic heterocycles. The summed E-state index contributed by atoms with van der Waals surface area (Å²) in [6.07, 6.45) is 7.96. The molecule has 9 atom stereocenters. The van der Waals surface area contributed by atoms with Gasteiger partial charge in [0.1, 0.15) is 12.2 Å². The minimum atomic E-state index is -1.19. The van der Waals surface area contributed by atoms with Gasteiger partial charge in [-0.25, -0.2) is 14.4 Å². The number of ketones is 1. The van der Waals surface area contributed by atoms with Gasteiger partial charge < -0.3 is 19.5 Å². The lowest BCUT2D eigenvalue weighted by molar-refractivity contribution is -0.235. The summed E-state index contributed by atoms with van der Waals surface area (Å²) < 4.78 is 21.5. The molecule has 0 saturated heterocycles. The third-order valence-corrected chi connectivity index (χ3v) is 16.4. The summed E-state index contributed by atoms with van der Waals surface area (Å²) >= 11 is 0. The minimum absolute atomic E-state index is 0.0000176. The van der Waals surface area contributed by atoms with Gasteiger partial charge in [-0.15, -0.1) is 10.2 Å². The van der Waals surface area contributed by atoms with Gasteiger partial charge in [-0.2, -0.15) is 0 Å². The number of fused-ring (bicyclic) bond motifs is 7. The fourth-order valence-corrected chi connectivity index (χ4v) is 13.3. The van der Waals surface area contributed by atoms with Crippen LogP contribution in [-0.2, 0) is 26.2 Å². The molecule has 7 rings (SSSR count). The van der Waals surface area contributed by atoms with E-state index >= 15 is 0 Å². The molecule has 0 bridgehead atoms. The number of carbonyl (C=O) groups excluding carboxylic acids is 2. The van der Waals surface area contributed by atoms with Crippen LogP contribution >= 0.6 is 0 Å². The van der Waals surface area contributed by atoms with Gasteiger partial charge in [0.2, 0.25) is 5.82 Å². The second-order valence-electron chi connectivity index (χ2n) is 20.1. The van der Waals surface area contributed by atoms with Crippen LogP contribution in [0.2, 0.25) is 0 Å². The highest BCUT2D eigenvalue weighted by Gasteiger charge is 2.71. The third-order valence-electron chi connectivity index (χ3n) is 16.4. The van der Waals surface area contributed by atoms with Crippen LogP contribution in [0.1, 0.15) is 138 Å². The molecule has 0 aromatic carbocycles. The van der Waals surface area contributed by atoms with E-state index in [1.54, 1.807) is 25.5 Å². The molecular formula is C43H60FN5O6. The number of aromatic nitrogens is 5. The lowest BCUT2D eigenvalue weighted by atomic mass is 9.33.